The zero-order valence-corrected chi connectivity index (χ0v) is 21.1. The highest BCUT2D eigenvalue weighted by Crippen LogP contribution is 2.14. The maximum absolute atomic E-state index is 11.7. The summed E-state index contributed by atoms with van der Waals surface area (Å²) in [5.74, 6) is -0.0127. The third-order valence-corrected chi connectivity index (χ3v) is 6.30. The first-order chi connectivity index (χ1) is 15.3. The number of esters is 1. The van der Waals surface area contributed by atoms with E-state index >= 15 is 0 Å². The van der Waals surface area contributed by atoms with Gasteiger partial charge in [-0.2, -0.15) is 0 Å². The molecule has 0 aliphatic heterocycles. The van der Waals surface area contributed by atoms with Crippen LogP contribution in [0.5, 0.6) is 0 Å². The fourth-order valence-corrected chi connectivity index (χ4v) is 4.17. The topological polar surface area (TPSA) is 46.5 Å². The molecule has 0 aliphatic carbocycles. The van der Waals surface area contributed by atoms with Crippen molar-refractivity contribution in [2.75, 3.05) is 13.2 Å². The van der Waals surface area contributed by atoms with Gasteiger partial charge >= 0.3 is 5.97 Å². The SMILES string of the molecule is CCCCCCCCCCCCCCCCCCCC(=O)OCCCCCCCCO. The predicted molar refractivity (Wildman–Crippen MR) is 135 cm³/mol. The van der Waals surface area contributed by atoms with Gasteiger partial charge in [-0.3, -0.25) is 4.79 Å². The summed E-state index contributed by atoms with van der Waals surface area (Å²) in [7, 11) is 0. The Hall–Kier alpha value is -0.570. The maximum Gasteiger partial charge on any atom is 0.305 e. The summed E-state index contributed by atoms with van der Waals surface area (Å²) < 4.78 is 5.32. The standard InChI is InChI=1S/C28H56O3/c1-2-3-4-5-6-7-8-9-10-11-12-13-14-15-16-19-22-25-28(30)31-27-24-21-18-17-20-23-26-29/h29H,2-27H2,1H3. The molecular weight excluding hydrogens is 384 g/mol. The number of hydrogen-bond acceptors (Lipinski definition) is 3. The quantitative estimate of drug-likeness (QED) is 0.108. The van der Waals surface area contributed by atoms with Crippen LogP contribution in [0.1, 0.15) is 161 Å². The van der Waals surface area contributed by atoms with Gasteiger partial charge in [0.15, 0.2) is 0 Å². The lowest BCUT2D eigenvalue weighted by Crippen LogP contribution is -2.05. The number of ether oxygens (including phenoxy) is 1. The molecule has 0 fully saturated rings. The molecule has 1 N–H and O–H groups in total. The predicted octanol–water partition coefficient (Wildman–Crippen LogP) is 8.90. The van der Waals surface area contributed by atoms with Crippen LogP contribution in [0.25, 0.3) is 0 Å². The van der Waals surface area contributed by atoms with Gasteiger partial charge in [0.2, 0.25) is 0 Å². The van der Waals surface area contributed by atoms with Gasteiger partial charge < -0.3 is 9.84 Å². The smallest absolute Gasteiger partial charge is 0.305 e. The first-order valence-electron chi connectivity index (χ1n) is 14.1. The van der Waals surface area contributed by atoms with Crippen molar-refractivity contribution in [3.05, 3.63) is 0 Å². The molecule has 0 unspecified atom stereocenters. The van der Waals surface area contributed by atoms with Crippen LogP contribution in [0.15, 0.2) is 0 Å². The summed E-state index contributed by atoms with van der Waals surface area (Å²) in [6, 6.07) is 0. The Kier molecular flexibility index (Phi) is 27.0. The second kappa shape index (κ2) is 27.5. The van der Waals surface area contributed by atoms with E-state index in [0.29, 0.717) is 19.6 Å². The minimum Gasteiger partial charge on any atom is -0.466 e. The Morgan fingerprint density at radius 2 is 0.871 bits per heavy atom. The van der Waals surface area contributed by atoms with Crippen molar-refractivity contribution in [2.45, 2.75) is 161 Å². The molecule has 0 radical (unpaired) electrons. The molecule has 0 saturated carbocycles. The third-order valence-electron chi connectivity index (χ3n) is 6.30. The number of aliphatic hydroxyl groups is 1. The number of carbonyl (C=O) groups excluding carboxylic acids is 1. The Morgan fingerprint density at radius 3 is 1.29 bits per heavy atom. The van der Waals surface area contributed by atoms with Gasteiger partial charge in [0.05, 0.1) is 6.61 Å². The Morgan fingerprint density at radius 1 is 0.516 bits per heavy atom. The van der Waals surface area contributed by atoms with Crippen LogP contribution in [-0.4, -0.2) is 24.3 Å². The van der Waals surface area contributed by atoms with Crippen LogP contribution in [-0.2, 0) is 9.53 Å². The molecule has 0 spiro atoms. The van der Waals surface area contributed by atoms with Gasteiger partial charge in [0, 0.05) is 13.0 Å². The van der Waals surface area contributed by atoms with Crippen LogP contribution in [0, 0.1) is 0 Å². The van der Waals surface area contributed by atoms with E-state index in [4.69, 9.17) is 9.84 Å². The van der Waals surface area contributed by atoms with E-state index in [1.165, 1.54) is 109 Å². The zero-order chi connectivity index (χ0) is 22.7. The van der Waals surface area contributed by atoms with Gasteiger partial charge in [-0.1, -0.05) is 135 Å². The molecule has 0 amide bonds. The Bertz CT molecular complexity index is 343. The van der Waals surface area contributed by atoms with E-state index < -0.39 is 0 Å². The minimum absolute atomic E-state index is 0.0127. The van der Waals surface area contributed by atoms with Crippen molar-refractivity contribution < 1.29 is 14.6 Å². The van der Waals surface area contributed by atoms with Gasteiger partial charge in [0.25, 0.3) is 0 Å². The molecule has 0 heterocycles. The van der Waals surface area contributed by atoms with E-state index in [9.17, 15) is 4.79 Å². The maximum atomic E-state index is 11.7. The van der Waals surface area contributed by atoms with Gasteiger partial charge in [0.1, 0.15) is 0 Å². The number of unbranched alkanes of at least 4 members (excludes halogenated alkanes) is 21. The van der Waals surface area contributed by atoms with Crippen LogP contribution in [0.2, 0.25) is 0 Å². The lowest BCUT2D eigenvalue weighted by Gasteiger charge is -2.05. The van der Waals surface area contributed by atoms with Gasteiger partial charge in [-0.15, -0.1) is 0 Å². The van der Waals surface area contributed by atoms with Crippen molar-refractivity contribution in [1.29, 1.82) is 0 Å². The highest BCUT2D eigenvalue weighted by Gasteiger charge is 2.02. The highest BCUT2D eigenvalue weighted by molar-refractivity contribution is 5.69. The average molecular weight is 441 g/mol. The summed E-state index contributed by atoms with van der Waals surface area (Å²) >= 11 is 0. The Balaban J connectivity index is 3.11. The van der Waals surface area contributed by atoms with E-state index in [1.807, 2.05) is 0 Å². The second-order valence-corrected chi connectivity index (χ2v) is 9.47. The lowest BCUT2D eigenvalue weighted by atomic mass is 10.0. The van der Waals surface area contributed by atoms with Crippen molar-refractivity contribution >= 4 is 5.97 Å². The monoisotopic (exact) mass is 440 g/mol. The van der Waals surface area contributed by atoms with Gasteiger partial charge in [-0.25, -0.2) is 0 Å². The van der Waals surface area contributed by atoms with Crippen molar-refractivity contribution in [1.82, 2.24) is 0 Å². The molecule has 0 aromatic heterocycles. The zero-order valence-electron chi connectivity index (χ0n) is 21.1. The molecule has 31 heavy (non-hydrogen) atoms. The summed E-state index contributed by atoms with van der Waals surface area (Å²) in [4.78, 5) is 11.7. The summed E-state index contributed by atoms with van der Waals surface area (Å²) in [6.07, 6.45) is 30.2. The fourth-order valence-electron chi connectivity index (χ4n) is 4.17. The lowest BCUT2D eigenvalue weighted by molar-refractivity contribution is -0.143. The first kappa shape index (κ1) is 30.4. The molecule has 0 aromatic carbocycles. The molecule has 0 aromatic rings. The van der Waals surface area contributed by atoms with E-state index in [0.717, 1.165) is 38.5 Å². The summed E-state index contributed by atoms with van der Waals surface area (Å²) in [5, 5.41) is 8.73. The summed E-state index contributed by atoms with van der Waals surface area (Å²) in [5.41, 5.74) is 0. The molecule has 0 bridgehead atoms. The molecule has 3 nitrogen and oxygen atoms in total. The highest BCUT2D eigenvalue weighted by atomic mass is 16.5. The van der Waals surface area contributed by atoms with E-state index in [2.05, 4.69) is 6.92 Å². The van der Waals surface area contributed by atoms with Crippen molar-refractivity contribution in [2.24, 2.45) is 0 Å². The van der Waals surface area contributed by atoms with Crippen LogP contribution in [0.4, 0.5) is 0 Å². The largest absolute Gasteiger partial charge is 0.466 e. The second-order valence-electron chi connectivity index (χ2n) is 9.47. The normalized spacial score (nSPS) is 11.2. The number of rotatable bonds is 26. The first-order valence-corrected chi connectivity index (χ1v) is 14.1. The average Bonchev–Trinajstić information content (AvgIpc) is 2.77. The van der Waals surface area contributed by atoms with Crippen LogP contribution >= 0.6 is 0 Å². The minimum atomic E-state index is -0.0127. The van der Waals surface area contributed by atoms with Crippen molar-refractivity contribution in [3.63, 3.8) is 0 Å². The van der Waals surface area contributed by atoms with Crippen molar-refractivity contribution in [3.8, 4) is 0 Å². The molecular formula is C28H56O3. The van der Waals surface area contributed by atoms with E-state index in [1.54, 1.807) is 0 Å². The Labute approximate surface area is 195 Å². The number of hydrogen-bond donors (Lipinski definition) is 1. The van der Waals surface area contributed by atoms with Crippen LogP contribution < -0.4 is 0 Å². The molecule has 0 saturated heterocycles. The summed E-state index contributed by atoms with van der Waals surface area (Å²) in [6.45, 7) is 3.17. The van der Waals surface area contributed by atoms with E-state index in [-0.39, 0.29) is 5.97 Å². The molecule has 186 valence electrons. The number of aliphatic hydroxyl groups excluding tert-OH is 1. The molecule has 0 atom stereocenters. The molecule has 3 heteroatoms. The number of carbonyl (C=O) groups is 1. The molecule has 0 rings (SSSR count). The van der Waals surface area contributed by atoms with Crippen LogP contribution in [0.3, 0.4) is 0 Å². The fraction of sp³-hybridized carbons (Fsp3) is 0.964. The molecule has 0 aliphatic rings. The van der Waals surface area contributed by atoms with Gasteiger partial charge in [-0.05, 0) is 19.3 Å². The third kappa shape index (κ3) is 27.4.